The molecule has 0 aliphatic carbocycles. The van der Waals surface area contributed by atoms with Crippen molar-refractivity contribution in [3.8, 4) is 0 Å². The molecule has 118 valence electrons. The Hall–Kier alpha value is -2.24. The Bertz CT molecular complexity index is 919. The monoisotopic (exact) mass is 326 g/mol. The van der Waals surface area contributed by atoms with E-state index in [0.29, 0.717) is 0 Å². The van der Waals surface area contributed by atoms with Crippen molar-refractivity contribution in [3.63, 3.8) is 0 Å². The number of nitrogens with one attached hydrogen (secondary N) is 1. The second kappa shape index (κ2) is 6.48. The Balaban J connectivity index is 1.69. The van der Waals surface area contributed by atoms with E-state index in [2.05, 4.69) is 9.71 Å². The first-order valence-corrected chi connectivity index (χ1v) is 9.04. The second-order valence-corrected chi connectivity index (χ2v) is 7.41. The van der Waals surface area contributed by atoms with E-state index in [4.69, 9.17) is 0 Å². The van der Waals surface area contributed by atoms with Crippen molar-refractivity contribution in [3.05, 3.63) is 77.5 Å². The van der Waals surface area contributed by atoms with E-state index in [0.717, 1.165) is 27.6 Å². The zero-order valence-electron chi connectivity index (χ0n) is 12.9. The highest BCUT2D eigenvalue weighted by Crippen LogP contribution is 2.13. The zero-order chi connectivity index (χ0) is 16.3. The summed E-state index contributed by atoms with van der Waals surface area (Å²) in [5.41, 5.74) is 3.64. The molecular formula is C18H18N2O2S. The highest BCUT2D eigenvalue weighted by Gasteiger charge is 2.11. The molecule has 0 saturated heterocycles. The fourth-order valence-electron chi connectivity index (χ4n) is 2.36. The van der Waals surface area contributed by atoms with E-state index >= 15 is 0 Å². The van der Waals surface area contributed by atoms with Crippen molar-refractivity contribution in [1.29, 1.82) is 0 Å². The molecule has 1 N–H and O–H groups in total. The molecule has 2 aromatic carbocycles. The van der Waals surface area contributed by atoms with Crippen LogP contribution < -0.4 is 4.72 Å². The molecule has 0 spiro atoms. The van der Waals surface area contributed by atoms with Gasteiger partial charge in [0.25, 0.3) is 0 Å². The molecule has 0 aliphatic rings. The normalized spacial score (nSPS) is 11.7. The van der Waals surface area contributed by atoms with Crippen LogP contribution in [0.15, 0.2) is 60.8 Å². The van der Waals surface area contributed by atoms with Crippen LogP contribution in [0.5, 0.6) is 0 Å². The molecule has 0 amide bonds. The third kappa shape index (κ3) is 4.15. The van der Waals surface area contributed by atoms with Crippen LogP contribution in [0.2, 0.25) is 0 Å². The van der Waals surface area contributed by atoms with Gasteiger partial charge in [0.2, 0.25) is 10.0 Å². The van der Waals surface area contributed by atoms with Gasteiger partial charge in [-0.05, 0) is 30.2 Å². The molecule has 0 bridgehead atoms. The molecule has 3 aromatic rings. The van der Waals surface area contributed by atoms with E-state index in [1.165, 1.54) is 0 Å². The van der Waals surface area contributed by atoms with Crippen LogP contribution in [0, 0.1) is 6.92 Å². The van der Waals surface area contributed by atoms with Crippen molar-refractivity contribution >= 4 is 20.9 Å². The lowest BCUT2D eigenvalue weighted by Gasteiger charge is -2.08. The van der Waals surface area contributed by atoms with Gasteiger partial charge >= 0.3 is 0 Å². The average Bonchev–Trinajstić information content (AvgIpc) is 2.55. The molecule has 0 atom stereocenters. The van der Waals surface area contributed by atoms with Gasteiger partial charge in [-0.1, -0.05) is 48.0 Å². The van der Waals surface area contributed by atoms with Gasteiger partial charge in [-0.15, -0.1) is 0 Å². The van der Waals surface area contributed by atoms with E-state index < -0.39 is 10.0 Å². The Morgan fingerprint density at radius 2 is 1.74 bits per heavy atom. The first-order valence-electron chi connectivity index (χ1n) is 7.38. The number of aromatic nitrogens is 1. The quantitative estimate of drug-likeness (QED) is 0.783. The van der Waals surface area contributed by atoms with Crippen LogP contribution >= 0.6 is 0 Å². The number of pyridine rings is 1. The maximum Gasteiger partial charge on any atom is 0.216 e. The second-order valence-electron chi connectivity index (χ2n) is 5.60. The molecule has 4 nitrogen and oxygen atoms in total. The molecule has 3 rings (SSSR count). The minimum Gasteiger partial charge on any atom is -0.256 e. The number of aryl methyl sites for hydroxylation is 1. The van der Waals surface area contributed by atoms with Gasteiger partial charge in [0.05, 0.1) is 11.3 Å². The minimum atomic E-state index is -3.38. The molecule has 0 aliphatic heterocycles. The Kier molecular flexibility index (Phi) is 4.41. The molecule has 0 fully saturated rings. The minimum absolute atomic E-state index is 0.0196. The van der Waals surface area contributed by atoms with Crippen molar-refractivity contribution < 1.29 is 8.42 Å². The molecule has 23 heavy (non-hydrogen) atoms. The van der Waals surface area contributed by atoms with Crippen LogP contribution in [0.1, 0.15) is 16.7 Å². The number of sulfonamides is 1. The molecule has 0 radical (unpaired) electrons. The highest BCUT2D eigenvalue weighted by molar-refractivity contribution is 7.88. The third-order valence-corrected chi connectivity index (χ3v) is 4.92. The third-order valence-electron chi connectivity index (χ3n) is 3.62. The summed E-state index contributed by atoms with van der Waals surface area (Å²) in [7, 11) is -3.38. The lowest BCUT2D eigenvalue weighted by molar-refractivity contribution is 0.580. The largest absolute Gasteiger partial charge is 0.256 e. The summed E-state index contributed by atoms with van der Waals surface area (Å²) in [5.74, 6) is -0.0196. The number of para-hydroxylation sites is 1. The maximum atomic E-state index is 12.2. The van der Waals surface area contributed by atoms with Crippen molar-refractivity contribution in [2.24, 2.45) is 0 Å². The van der Waals surface area contributed by atoms with Gasteiger partial charge in [-0.25, -0.2) is 13.1 Å². The van der Waals surface area contributed by atoms with Crippen molar-refractivity contribution in [2.45, 2.75) is 19.2 Å². The summed E-state index contributed by atoms with van der Waals surface area (Å²) in [4.78, 5) is 4.34. The Morgan fingerprint density at radius 1 is 1.00 bits per heavy atom. The van der Waals surface area contributed by atoms with Crippen LogP contribution in [0.4, 0.5) is 0 Å². The summed E-state index contributed by atoms with van der Waals surface area (Å²) in [6.45, 7) is 2.22. The van der Waals surface area contributed by atoms with E-state index in [-0.39, 0.29) is 12.3 Å². The molecule has 0 unspecified atom stereocenters. The molecular weight excluding hydrogens is 308 g/mol. The molecule has 5 heteroatoms. The lowest BCUT2D eigenvalue weighted by atomic mass is 10.2. The highest BCUT2D eigenvalue weighted by atomic mass is 32.2. The maximum absolute atomic E-state index is 12.2. The topological polar surface area (TPSA) is 59.1 Å². The van der Waals surface area contributed by atoms with Gasteiger partial charge < -0.3 is 0 Å². The van der Waals surface area contributed by atoms with Gasteiger partial charge in [0.15, 0.2) is 0 Å². The number of nitrogens with zero attached hydrogens (tertiary/aromatic N) is 1. The Labute approximate surface area is 136 Å². The fraction of sp³-hybridized carbons (Fsp3) is 0.167. The summed E-state index contributed by atoms with van der Waals surface area (Å²) in [6, 6.07) is 17.2. The first-order chi connectivity index (χ1) is 11.0. The summed E-state index contributed by atoms with van der Waals surface area (Å²) < 4.78 is 27.0. The Morgan fingerprint density at radius 3 is 2.52 bits per heavy atom. The fourth-order valence-corrected chi connectivity index (χ4v) is 3.48. The van der Waals surface area contributed by atoms with Crippen LogP contribution in [0.3, 0.4) is 0 Å². The smallest absolute Gasteiger partial charge is 0.216 e. The van der Waals surface area contributed by atoms with Crippen molar-refractivity contribution in [1.82, 2.24) is 9.71 Å². The molecule has 0 saturated carbocycles. The van der Waals surface area contributed by atoms with Crippen LogP contribution in [0.25, 0.3) is 10.9 Å². The van der Waals surface area contributed by atoms with E-state index in [1.807, 2.05) is 61.5 Å². The molecule has 1 aromatic heterocycles. The first kappa shape index (κ1) is 15.6. The number of hydrogen-bond acceptors (Lipinski definition) is 3. The lowest BCUT2D eigenvalue weighted by Crippen LogP contribution is -2.24. The number of fused-ring (bicyclic) bond motifs is 1. The van der Waals surface area contributed by atoms with Gasteiger partial charge in [-0.3, -0.25) is 4.98 Å². The number of hydrogen-bond donors (Lipinski definition) is 1. The molecule has 1 heterocycles. The predicted molar refractivity (Wildman–Crippen MR) is 92.4 cm³/mol. The van der Waals surface area contributed by atoms with Crippen LogP contribution in [-0.4, -0.2) is 13.4 Å². The van der Waals surface area contributed by atoms with E-state index in [9.17, 15) is 8.42 Å². The SMILES string of the molecule is Cc1ccc(CS(=O)(=O)NCc2cnc3ccccc3c2)cc1. The van der Waals surface area contributed by atoms with Gasteiger partial charge in [0.1, 0.15) is 0 Å². The predicted octanol–water partition coefficient (Wildman–Crippen LogP) is 3.16. The standard InChI is InChI=1S/C18H18N2O2S/c1-14-6-8-15(9-7-14)13-23(21,22)20-12-16-10-17-4-2-3-5-18(17)19-11-16/h2-11,20H,12-13H2,1H3. The van der Waals surface area contributed by atoms with Gasteiger partial charge in [-0.2, -0.15) is 0 Å². The summed E-state index contributed by atoms with van der Waals surface area (Å²) >= 11 is 0. The van der Waals surface area contributed by atoms with Crippen LogP contribution in [-0.2, 0) is 22.3 Å². The zero-order valence-corrected chi connectivity index (χ0v) is 13.7. The average molecular weight is 326 g/mol. The van der Waals surface area contributed by atoms with Crippen molar-refractivity contribution in [2.75, 3.05) is 0 Å². The van der Waals surface area contributed by atoms with E-state index in [1.54, 1.807) is 6.20 Å². The summed E-state index contributed by atoms with van der Waals surface area (Å²) in [6.07, 6.45) is 1.71. The number of rotatable bonds is 5. The summed E-state index contributed by atoms with van der Waals surface area (Å²) in [5, 5.41) is 1.00. The van der Waals surface area contributed by atoms with Gasteiger partial charge in [0, 0.05) is 18.1 Å². The number of benzene rings is 2.